The maximum atomic E-state index is 9.31. The van der Waals surface area contributed by atoms with Gasteiger partial charge in [-0.05, 0) is 24.8 Å². The van der Waals surface area contributed by atoms with Crippen LogP contribution in [0.5, 0.6) is 0 Å². The molecule has 2 aromatic rings. The molecule has 0 radical (unpaired) electrons. The van der Waals surface area contributed by atoms with Gasteiger partial charge < -0.3 is 14.7 Å². The van der Waals surface area contributed by atoms with E-state index < -0.39 is 0 Å². The SMILES string of the molecule is Cc1csc2c(N3CC(C)OC(CO)C3)ncnc12. The molecule has 3 heterocycles. The predicted octanol–water partition coefficient (Wildman–Crippen LogP) is 1.59. The van der Waals surface area contributed by atoms with Gasteiger partial charge in [-0.25, -0.2) is 9.97 Å². The van der Waals surface area contributed by atoms with Crippen LogP contribution >= 0.6 is 11.3 Å². The van der Waals surface area contributed by atoms with Crippen LogP contribution < -0.4 is 4.90 Å². The Labute approximate surface area is 115 Å². The molecule has 1 saturated heterocycles. The molecule has 1 aliphatic rings. The Morgan fingerprint density at radius 3 is 3.11 bits per heavy atom. The Bertz CT molecular complexity index is 586. The Morgan fingerprint density at radius 1 is 1.47 bits per heavy atom. The average molecular weight is 279 g/mol. The van der Waals surface area contributed by atoms with Gasteiger partial charge in [-0.1, -0.05) is 0 Å². The topological polar surface area (TPSA) is 58.5 Å². The molecule has 19 heavy (non-hydrogen) atoms. The molecule has 5 nitrogen and oxygen atoms in total. The summed E-state index contributed by atoms with van der Waals surface area (Å²) in [7, 11) is 0. The molecule has 6 heteroatoms. The minimum Gasteiger partial charge on any atom is -0.394 e. The van der Waals surface area contributed by atoms with Crippen LogP contribution in [0.15, 0.2) is 11.7 Å². The van der Waals surface area contributed by atoms with E-state index >= 15 is 0 Å². The molecular weight excluding hydrogens is 262 g/mol. The third kappa shape index (κ3) is 2.31. The van der Waals surface area contributed by atoms with Gasteiger partial charge in [-0.15, -0.1) is 11.3 Å². The number of fused-ring (bicyclic) bond motifs is 1. The van der Waals surface area contributed by atoms with Crippen molar-refractivity contribution in [1.29, 1.82) is 0 Å². The van der Waals surface area contributed by atoms with E-state index in [0.29, 0.717) is 6.54 Å². The Hall–Kier alpha value is -1.24. The van der Waals surface area contributed by atoms with Gasteiger partial charge >= 0.3 is 0 Å². The van der Waals surface area contributed by atoms with E-state index in [1.807, 2.05) is 6.92 Å². The van der Waals surface area contributed by atoms with Crippen LogP contribution in [0.3, 0.4) is 0 Å². The van der Waals surface area contributed by atoms with E-state index in [0.717, 1.165) is 22.6 Å². The fourth-order valence-electron chi connectivity index (χ4n) is 2.50. The van der Waals surface area contributed by atoms with Gasteiger partial charge in [0.2, 0.25) is 0 Å². The first kappa shape index (κ1) is 12.8. The van der Waals surface area contributed by atoms with Crippen molar-refractivity contribution in [2.24, 2.45) is 0 Å². The first-order valence-corrected chi connectivity index (χ1v) is 7.27. The molecule has 3 rings (SSSR count). The van der Waals surface area contributed by atoms with Gasteiger partial charge in [0, 0.05) is 13.1 Å². The number of nitrogens with zero attached hydrogens (tertiary/aromatic N) is 3. The quantitative estimate of drug-likeness (QED) is 0.904. The maximum absolute atomic E-state index is 9.31. The molecule has 1 fully saturated rings. The first-order valence-electron chi connectivity index (χ1n) is 6.39. The molecule has 1 N–H and O–H groups in total. The zero-order valence-electron chi connectivity index (χ0n) is 11.0. The van der Waals surface area contributed by atoms with Crippen LogP contribution in [-0.2, 0) is 4.74 Å². The lowest BCUT2D eigenvalue weighted by Crippen LogP contribution is -2.48. The van der Waals surface area contributed by atoms with Crippen molar-refractivity contribution in [3.8, 4) is 0 Å². The van der Waals surface area contributed by atoms with E-state index in [-0.39, 0.29) is 18.8 Å². The van der Waals surface area contributed by atoms with Crippen molar-refractivity contribution in [2.45, 2.75) is 26.1 Å². The van der Waals surface area contributed by atoms with Crippen molar-refractivity contribution in [3.05, 3.63) is 17.3 Å². The minimum atomic E-state index is -0.144. The number of hydrogen-bond donors (Lipinski definition) is 1. The lowest BCUT2D eigenvalue weighted by atomic mass is 10.2. The summed E-state index contributed by atoms with van der Waals surface area (Å²) in [4.78, 5) is 11.0. The highest BCUT2D eigenvalue weighted by molar-refractivity contribution is 7.18. The third-order valence-corrected chi connectivity index (χ3v) is 4.42. The summed E-state index contributed by atoms with van der Waals surface area (Å²) >= 11 is 1.67. The normalized spacial score (nSPS) is 24.1. The highest BCUT2D eigenvalue weighted by atomic mass is 32.1. The summed E-state index contributed by atoms with van der Waals surface area (Å²) in [5, 5.41) is 11.4. The van der Waals surface area contributed by atoms with Crippen LogP contribution in [0.25, 0.3) is 10.2 Å². The standard InChI is InChI=1S/C13H17N3O2S/c1-8-6-19-12-11(8)14-7-15-13(12)16-3-9(2)18-10(4-16)5-17/h6-7,9-10,17H,3-5H2,1-2H3. The predicted molar refractivity (Wildman–Crippen MR) is 75.8 cm³/mol. The van der Waals surface area contributed by atoms with E-state index in [2.05, 4.69) is 27.2 Å². The van der Waals surface area contributed by atoms with Crippen LogP contribution in [0, 0.1) is 6.92 Å². The number of hydrogen-bond acceptors (Lipinski definition) is 6. The number of aromatic nitrogens is 2. The summed E-state index contributed by atoms with van der Waals surface area (Å²) < 4.78 is 6.79. The highest BCUT2D eigenvalue weighted by Gasteiger charge is 2.27. The van der Waals surface area contributed by atoms with Crippen molar-refractivity contribution in [2.75, 3.05) is 24.6 Å². The Kier molecular flexibility index (Phi) is 3.38. The van der Waals surface area contributed by atoms with E-state index in [9.17, 15) is 5.11 Å². The number of ether oxygens (including phenoxy) is 1. The zero-order valence-corrected chi connectivity index (χ0v) is 11.9. The van der Waals surface area contributed by atoms with Gasteiger partial charge in [0.15, 0.2) is 0 Å². The summed E-state index contributed by atoms with van der Waals surface area (Å²) in [6, 6.07) is 0. The monoisotopic (exact) mass is 279 g/mol. The second-order valence-electron chi connectivity index (χ2n) is 4.95. The summed E-state index contributed by atoms with van der Waals surface area (Å²) in [6.07, 6.45) is 1.57. The fraction of sp³-hybridized carbons (Fsp3) is 0.538. The van der Waals surface area contributed by atoms with Gasteiger partial charge in [-0.2, -0.15) is 0 Å². The largest absolute Gasteiger partial charge is 0.394 e. The van der Waals surface area contributed by atoms with Gasteiger partial charge in [0.05, 0.1) is 29.0 Å². The number of aliphatic hydroxyl groups excluding tert-OH is 1. The second kappa shape index (κ2) is 5.03. The summed E-state index contributed by atoms with van der Waals surface area (Å²) in [6.45, 7) is 5.59. The van der Waals surface area contributed by atoms with Crippen LogP contribution in [0.1, 0.15) is 12.5 Å². The molecular formula is C13H17N3O2S. The third-order valence-electron chi connectivity index (χ3n) is 3.34. The first-order chi connectivity index (χ1) is 9.19. The van der Waals surface area contributed by atoms with Crippen LogP contribution in [-0.4, -0.2) is 47.0 Å². The van der Waals surface area contributed by atoms with Crippen molar-refractivity contribution in [3.63, 3.8) is 0 Å². The molecule has 0 saturated carbocycles. The fourth-order valence-corrected chi connectivity index (χ4v) is 3.52. The molecule has 0 aliphatic carbocycles. The van der Waals surface area contributed by atoms with E-state index in [1.165, 1.54) is 5.56 Å². The highest BCUT2D eigenvalue weighted by Crippen LogP contribution is 2.32. The van der Waals surface area contributed by atoms with E-state index in [4.69, 9.17) is 4.74 Å². The molecule has 0 aromatic carbocycles. The van der Waals surface area contributed by atoms with Gasteiger partial charge in [0.25, 0.3) is 0 Å². The number of anilines is 1. The number of morpholine rings is 1. The zero-order chi connectivity index (χ0) is 13.4. The molecule has 0 spiro atoms. The molecule has 2 aromatic heterocycles. The molecule has 0 amide bonds. The molecule has 102 valence electrons. The van der Waals surface area contributed by atoms with Crippen LogP contribution in [0.4, 0.5) is 5.82 Å². The smallest absolute Gasteiger partial charge is 0.150 e. The molecule has 2 atom stereocenters. The van der Waals surface area contributed by atoms with Crippen LogP contribution in [0.2, 0.25) is 0 Å². The number of thiophene rings is 1. The van der Waals surface area contributed by atoms with Crippen molar-refractivity contribution >= 4 is 27.4 Å². The Morgan fingerprint density at radius 2 is 2.32 bits per heavy atom. The molecule has 0 bridgehead atoms. The van der Waals surface area contributed by atoms with Gasteiger partial charge in [0.1, 0.15) is 12.1 Å². The van der Waals surface area contributed by atoms with Crippen molar-refractivity contribution < 1.29 is 9.84 Å². The lowest BCUT2D eigenvalue weighted by Gasteiger charge is -2.36. The lowest BCUT2D eigenvalue weighted by molar-refractivity contribution is -0.0422. The Balaban J connectivity index is 1.99. The second-order valence-corrected chi connectivity index (χ2v) is 5.83. The minimum absolute atomic E-state index is 0.0402. The number of aliphatic hydroxyl groups is 1. The number of rotatable bonds is 2. The summed E-state index contributed by atoms with van der Waals surface area (Å²) in [5.74, 6) is 0.955. The van der Waals surface area contributed by atoms with Gasteiger partial charge in [-0.3, -0.25) is 0 Å². The summed E-state index contributed by atoms with van der Waals surface area (Å²) in [5.41, 5.74) is 2.21. The number of aryl methyl sites for hydroxylation is 1. The van der Waals surface area contributed by atoms with E-state index in [1.54, 1.807) is 17.7 Å². The molecule has 2 unspecified atom stereocenters. The maximum Gasteiger partial charge on any atom is 0.150 e. The van der Waals surface area contributed by atoms with Crippen molar-refractivity contribution in [1.82, 2.24) is 9.97 Å². The molecule has 1 aliphatic heterocycles. The average Bonchev–Trinajstić information content (AvgIpc) is 2.80.